The topological polar surface area (TPSA) is 35.5 Å². The van der Waals surface area contributed by atoms with Crippen LogP contribution in [0.5, 0.6) is 5.75 Å². The van der Waals surface area contributed by atoms with E-state index in [1.165, 1.54) is 0 Å². The van der Waals surface area contributed by atoms with Crippen molar-refractivity contribution in [1.82, 2.24) is 0 Å². The Bertz CT molecular complexity index is 447. The molecule has 18 heavy (non-hydrogen) atoms. The Kier molecular flexibility index (Phi) is 5.43. The lowest BCUT2D eigenvalue weighted by Gasteiger charge is -2.11. The van der Waals surface area contributed by atoms with Gasteiger partial charge in [0.15, 0.2) is 0 Å². The third kappa shape index (κ3) is 3.62. The first-order valence-electron chi connectivity index (χ1n) is 6.14. The summed E-state index contributed by atoms with van der Waals surface area (Å²) in [4.78, 5) is 11.5. The number of carbonyl (C=O) groups is 1. The Morgan fingerprint density at radius 1 is 1.33 bits per heavy atom. The van der Waals surface area contributed by atoms with Gasteiger partial charge in [-0.05, 0) is 38.0 Å². The molecule has 0 aromatic heterocycles. The van der Waals surface area contributed by atoms with Crippen LogP contribution in [0.4, 0.5) is 0 Å². The molecule has 98 valence electrons. The Morgan fingerprint density at radius 2 is 2.06 bits per heavy atom. The van der Waals surface area contributed by atoms with Gasteiger partial charge in [0.2, 0.25) is 0 Å². The molecule has 0 atom stereocenters. The van der Waals surface area contributed by atoms with Crippen LogP contribution >= 0.6 is 0 Å². The van der Waals surface area contributed by atoms with Crippen molar-refractivity contribution in [2.24, 2.45) is 0 Å². The standard InChI is InChI=1S/C15H20O3/c1-5-12(10-15(16)18-6-2)13-9-11(3)7-8-14(13)17-4/h7-10H,5-6H2,1-4H3/b12-10-. The summed E-state index contributed by atoms with van der Waals surface area (Å²) in [5.41, 5.74) is 3.01. The van der Waals surface area contributed by atoms with E-state index in [4.69, 9.17) is 9.47 Å². The van der Waals surface area contributed by atoms with Crippen molar-refractivity contribution in [1.29, 1.82) is 0 Å². The molecule has 3 nitrogen and oxygen atoms in total. The van der Waals surface area contributed by atoms with Gasteiger partial charge in [0.1, 0.15) is 5.75 Å². The van der Waals surface area contributed by atoms with Crippen LogP contribution in [0.15, 0.2) is 24.3 Å². The monoisotopic (exact) mass is 248 g/mol. The molecule has 1 rings (SSSR count). The minimum Gasteiger partial charge on any atom is -0.496 e. The van der Waals surface area contributed by atoms with Crippen molar-refractivity contribution in [2.75, 3.05) is 13.7 Å². The lowest BCUT2D eigenvalue weighted by Crippen LogP contribution is -2.01. The van der Waals surface area contributed by atoms with Gasteiger partial charge >= 0.3 is 5.97 Å². The van der Waals surface area contributed by atoms with Crippen molar-refractivity contribution in [3.63, 3.8) is 0 Å². The van der Waals surface area contributed by atoms with Crippen LogP contribution in [-0.2, 0) is 9.53 Å². The second-order valence-corrected chi connectivity index (χ2v) is 3.98. The molecule has 0 aliphatic heterocycles. The number of carbonyl (C=O) groups excluding carboxylic acids is 1. The molecule has 0 bridgehead atoms. The van der Waals surface area contributed by atoms with E-state index >= 15 is 0 Å². The molecule has 0 N–H and O–H groups in total. The van der Waals surface area contributed by atoms with E-state index in [1.54, 1.807) is 20.1 Å². The molecule has 0 fully saturated rings. The van der Waals surface area contributed by atoms with Gasteiger partial charge in [-0.2, -0.15) is 0 Å². The minimum atomic E-state index is -0.307. The SMILES string of the molecule is CCOC(=O)/C=C(/CC)c1cc(C)ccc1OC. The van der Waals surface area contributed by atoms with E-state index in [0.717, 1.165) is 28.9 Å². The second kappa shape index (κ2) is 6.84. The average Bonchev–Trinajstić information content (AvgIpc) is 2.36. The van der Waals surface area contributed by atoms with Gasteiger partial charge in [-0.3, -0.25) is 0 Å². The van der Waals surface area contributed by atoms with E-state index in [-0.39, 0.29) is 5.97 Å². The summed E-state index contributed by atoms with van der Waals surface area (Å²) in [5.74, 6) is 0.468. The third-order valence-corrected chi connectivity index (χ3v) is 2.66. The number of hydrogen-bond donors (Lipinski definition) is 0. The molecule has 0 unspecified atom stereocenters. The highest BCUT2D eigenvalue weighted by atomic mass is 16.5. The van der Waals surface area contributed by atoms with Gasteiger partial charge in [-0.25, -0.2) is 4.79 Å². The molecule has 0 amide bonds. The number of esters is 1. The van der Waals surface area contributed by atoms with Gasteiger partial charge in [0.25, 0.3) is 0 Å². The zero-order chi connectivity index (χ0) is 13.5. The highest BCUT2D eigenvalue weighted by Gasteiger charge is 2.09. The highest BCUT2D eigenvalue weighted by Crippen LogP contribution is 2.29. The van der Waals surface area contributed by atoms with Gasteiger partial charge in [-0.15, -0.1) is 0 Å². The maximum atomic E-state index is 11.5. The van der Waals surface area contributed by atoms with Gasteiger partial charge in [0.05, 0.1) is 13.7 Å². The predicted molar refractivity (Wildman–Crippen MR) is 72.6 cm³/mol. The number of aryl methyl sites for hydroxylation is 1. The molecule has 1 aromatic rings. The molecule has 0 heterocycles. The number of ether oxygens (including phenoxy) is 2. The third-order valence-electron chi connectivity index (χ3n) is 2.66. The first kappa shape index (κ1) is 14.3. The molecule has 0 saturated heterocycles. The summed E-state index contributed by atoms with van der Waals surface area (Å²) >= 11 is 0. The van der Waals surface area contributed by atoms with E-state index in [9.17, 15) is 4.79 Å². The van der Waals surface area contributed by atoms with Crippen LogP contribution in [0, 0.1) is 6.92 Å². The zero-order valence-corrected chi connectivity index (χ0v) is 11.4. The summed E-state index contributed by atoms with van der Waals surface area (Å²) in [5, 5.41) is 0. The fraction of sp³-hybridized carbons (Fsp3) is 0.400. The number of hydrogen-bond acceptors (Lipinski definition) is 3. The van der Waals surface area contributed by atoms with Crippen molar-refractivity contribution < 1.29 is 14.3 Å². The summed E-state index contributed by atoms with van der Waals surface area (Å²) in [6.07, 6.45) is 2.29. The molecular weight excluding hydrogens is 228 g/mol. The van der Waals surface area contributed by atoms with Gasteiger partial charge in [-0.1, -0.05) is 18.6 Å². The largest absolute Gasteiger partial charge is 0.496 e. The van der Waals surface area contributed by atoms with Crippen LogP contribution in [0.2, 0.25) is 0 Å². The van der Waals surface area contributed by atoms with Crippen molar-refractivity contribution >= 4 is 11.5 Å². The molecule has 0 spiro atoms. The number of benzene rings is 1. The van der Waals surface area contributed by atoms with Crippen LogP contribution in [0.1, 0.15) is 31.4 Å². The average molecular weight is 248 g/mol. The van der Waals surface area contributed by atoms with Crippen molar-refractivity contribution in [3.8, 4) is 5.75 Å². The fourth-order valence-corrected chi connectivity index (χ4v) is 1.77. The van der Waals surface area contributed by atoms with Gasteiger partial charge in [0, 0.05) is 11.6 Å². The van der Waals surface area contributed by atoms with E-state index in [2.05, 4.69) is 0 Å². The van der Waals surface area contributed by atoms with Crippen LogP contribution in [0.3, 0.4) is 0 Å². The van der Waals surface area contributed by atoms with Crippen LogP contribution in [0.25, 0.3) is 5.57 Å². The Balaban J connectivity index is 3.15. The second-order valence-electron chi connectivity index (χ2n) is 3.98. The Labute approximate surface area is 108 Å². The van der Waals surface area contributed by atoms with Crippen LogP contribution < -0.4 is 4.74 Å². The predicted octanol–water partition coefficient (Wildman–Crippen LogP) is 3.36. The van der Waals surface area contributed by atoms with E-state index < -0.39 is 0 Å². The Hall–Kier alpha value is -1.77. The number of methoxy groups -OCH3 is 1. The Morgan fingerprint density at radius 3 is 2.61 bits per heavy atom. The normalized spacial score (nSPS) is 11.2. The number of allylic oxidation sites excluding steroid dienone is 1. The molecular formula is C15H20O3. The first-order valence-corrected chi connectivity index (χ1v) is 6.14. The number of rotatable bonds is 5. The van der Waals surface area contributed by atoms with E-state index in [0.29, 0.717) is 6.61 Å². The molecule has 0 aliphatic carbocycles. The lowest BCUT2D eigenvalue weighted by molar-refractivity contribution is -0.137. The zero-order valence-electron chi connectivity index (χ0n) is 11.4. The van der Waals surface area contributed by atoms with Crippen molar-refractivity contribution in [2.45, 2.75) is 27.2 Å². The maximum absolute atomic E-state index is 11.5. The summed E-state index contributed by atoms with van der Waals surface area (Å²) in [7, 11) is 1.63. The maximum Gasteiger partial charge on any atom is 0.331 e. The van der Waals surface area contributed by atoms with Crippen molar-refractivity contribution in [3.05, 3.63) is 35.4 Å². The first-order chi connectivity index (χ1) is 8.62. The quantitative estimate of drug-likeness (QED) is 0.592. The molecule has 0 radical (unpaired) electrons. The van der Waals surface area contributed by atoms with Gasteiger partial charge < -0.3 is 9.47 Å². The molecule has 3 heteroatoms. The van der Waals surface area contributed by atoms with E-state index in [1.807, 2.05) is 32.0 Å². The lowest BCUT2D eigenvalue weighted by atomic mass is 10.00. The minimum absolute atomic E-state index is 0.307. The van der Waals surface area contributed by atoms with Crippen LogP contribution in [-0.4, -0.2) is 19.7 Å². The smallest absolute Gasteiger partial charge is 0.331 e. The molecule has 1 aromatic carbocycles. The highest BCUT2D eigenvalue weighted by molar-refractivity contribution is 5.92. The summed E-state index contributed by atoms with van der Waals surface area (Å²) in [6, 6.07) is 5.92. The summed E-state index contributed by atoms with van der Waals surface area (Å²) in [6.45, 7) is 6.20. The molecule has 0 saturated carbocycles. The molecule has 0 aliphatic rings. The fourth-order valence-electron chi connectivity index (χ4n) is 1.77. The summed E-state index contributed by atoms with van der Waals surface area (Å²) < 4.78 is 10.3.